The van der Waals surface area contributed by atoms with Crippen LogP contribution in [0.15, 0.2) is 0 Å². The number of piperidine rings is 1. The molecule has 0 spiro atoms. The highest BCUT2D eigenvalue weighted by molar-refractivity contribution is 7.87. The maximum Gasteiger partial charge on any atom is 0.279 e. The molecule has 2 aliphatic rings. The summed E-state index contributed by atoms with van der Waals surface area (Å²) in [6.07, 6.45) is 3.08. The van der Waals surface area contributed by atoms with Crippen LogP contribution in [0.25, 0.3) is 0 Å². The normalized spacial score (nSPS) is 25.3. The highest BCUT2D eigenvalue weighted by Gasteiger charge is 2.25. The zero-order valence-corrected chi connectivity index (χ0v) is 12.5. The van der Waals surface area contributed by atoms with Gasteiger partial charge in [-0.05, 0) is 19.8 Å². The maximum atomic E-state index is 12.1. The SMILES string of the molecule is C[C@H](CNS(=O)(=O)N1CCCCC1)N1CCOCC1. The van der Waals surface area contributed by atoms with Gasteiger partial charge in [-0.1, -0.05) is 6.42 Å². The van der Waals surface area contributed by atoms with Crippen molar-refractivity contribution in [1.29, 1.82) is 0 Å². The Morgan fingerprint density at radius 3 is 2.37 bits per heavy atom. The number of nitrogens with one attached hydrogen (secondary N) is 1. The molecule has 0 radical (unpaired) electrons. The molecule has 1 atom stereocenters. The fourth-order valence-corrected chi connectivity index (χ4v) is 3.94. The fourth-order valence-electron chi connectivity index (χ4n) is 2.57. The van der Waals surface area contributed by atoms with Crippen LogP contribution in [0, 0.1) is 0 Å². The van der Waals surface area contributed by atoms with E-state index in [2.05, 4.69) is 16.5 Å². The zero-order chi connectivity index (χ0) is 13.7. The Hall–Kier alpha value is -0.210. The molecule has 0 amide bonds. The van der Waals surface area contributed by atoms with E-state index in [4.69, 9.17) is 4.74 Å². The van der Waals surface area contributed by atoms with Gasteiger partial charge in [0.25, 0.3) is 10.2 Å². The summed E-state index contributed by atoms with van der Waals surface area (Å²) in [4.78, 5) is 2.27. The standard InChI is InChI=1S/C12H25N3O3S/c1-12(14-7-9-18-10-8-14)11-13-19(16,17)15-5-3-2-4-6-15/h12-13H,2-11H2,1H3/t12-/m1/s1. The Kier molecular flexibility index (Phi) is 5.58. The molecule has 0 unspecified atom stereocenters. The molecular weight excluding hydrogens is 266 g/mol. The van der Waals surface area contributed by atoms with Crippen molar-refractivity contribution >= 4 is 10.2 Å². The minimum atomic E-state index is -3.29. The van der Waals surface area contributed by atoms with Crippen molar-refractivity contribution in [2.75, 3.05) is 45.9 Å². The highest BCUT2D eigenvalue weighted by atomic mass is 32.2. The summed E-state index contributed by atoms with van der Waals surface area (Å²) in [5, 5.41) is 0. The van der Waals surface area contributed by atoms with Gasteiger partial charge in [0.05, 0.1) is 13.2 Å². The fraction of sp³-hybridized carbons (Fsp3) is 1.00. The molecule has 0 aromatic heterocycles. The lowest BCUT2D eigenvalue weighted by molar-refractivity contribution is 0.0213. The molecule has 6 nitrogen and oxygen atoms in total. The van der Waals surface area contributed by atoms with Gasteiger partial charge in [0.15, 0.2) is 0 Å². The Labute approximate surface area is 116 Å². The molecule has 2 fully saturated rings. The van der Waals surface area contributed by atoms with Crippen molar-refractivity contribution in [3.63, 3.8) is 0 Å². The smallest absolute Gasteiger partial charge is 0.279 e. The van der Waals surface area contributed by atoms with Crippen LogP contribution in [0.4, 0.5) is 0 Å². The van der Waals surface area contributed by atoms with Gasteiger partial charge in [0.2, 0.25) is 0 Å². The van der Waals surface area contributed by atoms with Gasteiger partial charge in [-0.3, -0.25) is 4.90 Å². The van der Waals surface area contributed by atoms with Crippen molar-refractivity contribution in [3.8, 4) is 0 Å². The monoisotopic (exact) mass is 291 g/mol. The van der Waals surface area contributed by atoms with Crippen molar-refractivity contribution in [3.05, 3.63) is 0 Å². The van der Waals surface area contributed by atoms with Gasteiger partial charge >= 0.3 is 0 Å². The molecule has 0 saturated carbocycles. The van der Waals surface area contributed by atoms with Gasteiger partial charge < -0.3 is 4.74 Å². The van der Waals surface area contributed by atoms with E-state index < -0.39 is 10.2 Å². The van der Waals surface area contributed by atoms with Gasteiger partial charge in [0, 0.05) is 38.8 Å². The van der Waals surface area contributed by atoms with Gasteiger partial charge in [-0.2, -0.15) is 12.7 Å². The van der Waals surface area contributed by atoms with E-state index in [1.165, 1.54) is 0 Å². The van der Waals surface area contributed by atoms with E-state index in [0.29, 0.717) is 19.6 Å². The van der Waals surface area contributed by atoms with Crippen molar-refractivity contribution < 1.29 is 13.2 Å². The summed E-state index contributed by atoms with van der Waals surface area (Å²) in [5.74, 6) is 0. The van der Waals surface area contributed by atoms with Crippen LogP contribution >= 0.6 is 0 Å². The Morgan fingerprint density at radius 2 is 1.74 bits per heavy atom. The molecule has 2 aliphatic heterocycles. The molecule has 19 heavy (non-hydrogen) atoms. The quantitative estimate of drug-likeness (QED) is 0.776. The van der Waals surface area contributed by atoms with Gasteiger partial charge in [-0.15, -0.1) is 0 Å². The van der Waals surface area contributed by atoms with Crippen molar-refractivity contribution in [2.24, 2.45) is 0 Å². The van der Waals surface area contributed by atoms with Gasteiger partial charge in [-0.25, -0.2) is 4.72 Å². The topological polar surface area (TPSA) is 61.9 Å². The van der Waals surface area contributed by atoms with Crippen molar-refractivity contribution in [1.82, 2.24) is 13.9 Å². The first-order valence-electron chi connectivity index (χ1n) is 7.16. The summed E-state index contributed by atoms with van der Waals surface area (Å²) < 4.78 is 33.9. The lowest BCUT2D eigenvalue weighted by Crippen LogP contribution is -2.50. The predicted molar refractivity (Wildman–Crippen MR) is 74.2 cm³/mol. The van der Waals surface area contributed by atoms with Crippen LogP contribution < -0.4 is 4.72 Å². The molecule has 0 aromatic rings. The third-order valence-electron chi connectivity index (χ3n) is 3.89. The molecular formula is C12H25N3O3S. The van der Waals surface area contributed by atoms with E-state index in [0.717, 1.165) is 45.6 Å². The highest BCUT2D eigenvalue weighted by Crippen LogP contribution is 2.12. The van der Waals surface area contributed by atoms with Crippen LogP contribution in [0.5, 0.6) is 0 Å². The third-order valence-corrected chi connectivity index (χ3v) is 5.46. The van der Waals surface area contributed by atoms with E-state index in [1.54, 1.807) is 4.31 Å². The van der Waals surface area contributed by atoms with E-state index in [1.807, 2.05) is 0 Å². The molecule has 2 rings (SSSR count). The Morgan fingerprint density at radius 1 is 1.11 bits per heavy atom. The Bertz CT molecular complexity index is 362. The van der Waals surface area contributed by atoms with Gasteiger partial charge in [0.1, 0.15) is 0 Å². The second kappa shape index (κ2) is 6.99. The third kappa shape index (κ3) is 4.39. The first-order chi connectivity index (χ1) is 9.09. The van der Waals surface area contributed by atoms with Crippen LogP contribution in [0.3, 0.4) is 0 Å². The molecule has 2 saturated heterocycles. The maximum absolute atomic E-state index is 12.1. The summed E-state index contributed by atoms with van der Waals surface area (Å²) in [5.41, 5.74) is 0. The summed E-state index contributed by atoms with van der Waals surface area (Å²) >= 11 is 0. The molecule has 2 heterocycles. The first-order valence-corrected chi connectivity index (χ1v) is 8.60. The minimum Gasteiger partial charge on any atom is -0.379 e. The molecule has 112 valence electrons. The lowest BCUT2D eigenvalue weighted by atomic mass is 10.2. The minimum absolute atomic E-state index is 0.212. The van der Waals surface area contributed by atoms with Crippen molar-refractivity contribution in [2.45, 2.75) is 32.2 Å². The summed E-state index contributed by atoms with van der Waals surface area (Å²) in [7, 11) is -3.29. The predicted octanol–water partition coefficient (Wildman–Crippen LogP) is 0.0274. The van der Waals surface area contributed by atoms with Crippen LogP contribution in [0.2, 0.25) is 0 Å². The Balaban J connectivity index is 1.79. The first kappa shape index (κ1) is 15.2. The van der Waals surface area contributed by atoms with E-state index in [-0.39, 0.29) is 6.04 Å². The van der Waals surface area contributed by atoms with E-state index >= 15 is 0 Å². The number of morpholine rings is 1. The molecule has 0 bridgehead atoms. The average molecular weight is 291 g/mol. The number of nitrogens with zero attached hydrogens (tertiary/aromatic N) is 2. The molecule has 7 heteroatoms. The van der Waals surface area contributed by atoms with E-state index in [9.17, 15) is 8.42 Å². The number of ether oxygens (including phenoxy) is 1. The number of rotatable bonds is 5. The largest absolute Gasteiger partial charge is 0.379 e. The second-order valence-electron chi connectivity index (χ2n) is 5.31. The number of hydrogen-bond acceptors (Lipinski definition) is 4. The molecule has 1 N–H and O–H groups in total. The molecule has 0 aliphatic carbocycles. The second-order valence-corrected chi connectivity index (χ2v) is 7.07. The lowest BCUT2D eigenvalue weighted by Gasteiger charge is -2.33. The van der Waals surface area contributed by atoms with Crippen LogP contribution in [-0.2, 0) is 14.9 Å². The average Bonchev–Trinajstić information content (AvgIpc) is 2.47. The zero-order valence-electron chi connectivity index (χ0n) is 11.7. The van der Waals surface area contributed by atoms with Crippen LogP contribution in [-0.4, -0.2) is 69.6 Å². The molecule has 0 aromatic carbocycles. The number of hydrogen-bond donors (Lipinski definition) is 1. The van der Waals surface area contributed by atoms with Crippen LogP contribution in [0.1, 0.15) is 26.2 Å². The summed E-state index contributed by atoms with van der Waals surface area (Å²) in [6, 6.07) is 0.212. The summed E-state index contributed by atoms with van der Waals surface area (Å²) in [6.45, 7) is 7.08.